The lowest BCUT2D eigenvalue weighted by molar-refractivity contribution is 0.432. The van der Waals surface area contributed by atoms with Gasteiger partial charge < -0.3 is 0 Å². The maximum atomic E-state index is 2.46. The average Bonchev–Trinajstić information content (AvgIpc) is 2.37. The second-order valence-electron chi connectivity index (χ2n) is 6.22. The Morgan fingerprint density at radius 2 is 0.833 bits per heavy atom. The second-order valence-corrected chi connectivity index (χ2v) is 6.22. The van der Waals surface area contributed by atoms with Gasteiger partial charge in [0.05, 0.1) is 0 Å². The van der Waals surface area contributed by atoms with Crippen molar-refractivity contribution in [3.8, 4) is 0 Å². The van der Waals surface area contributed by atoms with Crippen molar-refractivity contribution in [2.75, 3.05) is 0 Å². The molecule has 0 fully saturated rings. The Morgan fingerprint density at radius 3 is 1.22 bits per heavy atom. The molecule has 0 spiro atoms. The van der Waals surface area contributed by atoms with E-state index in [1.807, 2.05) is 0 Å². The average molecular weight is 255 g/mol. The summed E-state index contributed by atoms with van der Waals surface area (Å²) in [5.74, 6) is 0.974. The Bertz CT molecular complexity index is 139. The molecule has 0 aromatic carbocycles. The Hall–Kier alpha value is 0. The summed E-state index contributed by atoms with van der Waals surface area (Å²) in [6.45, 7) is 7.04. The minimum Gasteiger partial charge on any atom is -0.0654 e. The van der Waals surface area contributed by atoms with Crippen LogP contribution in [0, 0.1) is 5.92 Å². The van der Waals surface area contributed by atoms with Crippen molar-refractivity contribution in [2.45, 2.75) is 111 Å². The van der Waals surface area contributed by atoms with Gasteiger partial charge in [0, 0.05) is 0 Å². The molecular weight excluding hydrogens is 216 g/mol. The van der Waals surface area contributed by atoms with Crippen LogP contribution < -0.4 is 0 Å². The lowest BCUT2D eigenvalue weighted by Gasteiger charge is -2.10. The van der Waals surface area contributed by atoms with Crippen LogP contribution in [0.25, 0.3) is 0 Å². The molecule has 0 N–H and O–H groups in total. The van der Waals surface area contributed by atoms with Gasteiger partial charge in [0.15, 0.2) is 0 Å². The summed E-state index contributed by atoms with van der Waals surface area (Å²) < 4.78 is 0. The van der Waals surface area contributed by atoms with E-state index in [2.05, 4.69) is 20.8 Å². The van der Waals surface area contributed by atoms with Crippen LogP contribution >= 0.6 is 0 Å². The van der Waals surface area contributed by atoms with Crippen molar-refractivity contribution in [1.29, 1.82) is 0 Å². The van der Waals surface area contributed by atoms with Crippen LogP contribution in [0.1, 0.15) is 111 Å². The van der Waals surface area contributed by atoms with Gasteiger partial charge in [-0.1, -0.05) is 111 Å². The number of hydrogen-bond donors (Lipinski definition) is 0. The highest BCUT2D eigenvalue weighted by Gasteiger charge is 2.01. The van der Waals surface area contributed by atoms with Crippen LogP contribution in [0.15, 0.2) is 0 Å². The topological polar surface area (TPSA) is 0 Å². The Labute approximate surface area is 117 Å². The second kappa shape index (κ2) is 15.1. The third-order valence-corrected chi connectivity index (χ3v) is 4.10. The standard InChI is InChI=1S/C18H38/c1-4-6-8-10-11-13-15-17-18(3)16-14-12-9-7-5-2/h18H,4-17H2,1-3H3/t18-/m1/s1. The van der Waals surface area contributed by atoms with Crippen molar-refractivity contribution in [3.63, 3.8) is 0 Å². The summed E-state index contributed by atoms with van der Waals surface area (Å²) in [5, 5.41) is 0. The van der Waals surface area contributed by atoms with Gasteiger partial charge in [-0.25, -0.2) is 0 Å². The largest absolute Gasteiger partial charge is 0.0654 e. The van der Waals surface area contributed by atoms with Gasteiger partial charge in [0.25, 0.3) is 0 Å². The third kappa shape index (κ3) is 14.1. The van der Waals surface area contributed by atoms with Crippen LogP contribution in [0.2, 0.25) is 0 Å². The van der Waals surface area contributed by atoms with E-state index in [-0.39, 0.29) is 0 Å². The predicted molar refractivity (Wildman–Crippen MR) is 85.2 cm³/mol. The molecule has 18 heavy (non-hydrogen) atoms. The van der Waals surface area contributed by atoms with Crippen LogP contribution in [0.5, 0.6) is 0 Å². The van der Waals surface area contributed by atoms with E-state index < -0.39 is 0 Å². The molecule has 0 heteroatoms. The van der Waals surface area contributed by atoms with Gasteiger partial charge in [-0.05, 0) is 5.92 Å². The highest BCUT2D eigenvalue weighted by molar-refractivity contribution is 4.55. The van der Waals surface area contributed by atoms with Gasteiger partial charge >= 0.3 is 0 Å². The van der Waals surface area contributed by atoms with E-state index >= 15 is 0 Å². The number of hydrogen-bond acceptors (Lipinski definition) is 0. The first-order valence-electron chi connectivity index (χ1n) is 8.81. The Balaban J connectivity index is 3.09. The highest BCUT2D eigenvalue weighted by atomic mass is 14.1. The summed E-state index contributed by atoms with van der Waals surface area (Å²) in [5.41, 5.74) is 0. The lowest BCUT2D eigenvalue weighted by atomic mass is 9.96. The van der Waals surface area contributed by atoms with Gasteiger partial charge in [-0.15, -0.1) is 0 Å². The molecule has 1 atom stereocenters. The van der Waals surface area contributed by atoms with Crippen LogP contribution in [-0.2, 0) is 0 Å². The van der Waals surface area contributed by atoms with E-state index in [0.29, 0.717) is 0 Å². The highest BCUT2D eigenvalue weighted by Crippen LogP contribution is 2.18. The summed E-state index contributed by atoms with van der Waals surface area (Å²) in [6, 6.07) is 0. The summed E-state index contributed by atoms with van der Waals surface area (Å²) in [7, 11) is 0. The SMILES string of the molecule is CCCCCCCCC[C@H](C)CCCCCCC. The molecule has 0 rings (SSSR count). The zero-order valence-corrected chi connectivity index (χ0v) is 13.5. The molecule has 0 bridgehead atoms. The summed E-state index contributed by atoms with van der Waals surface area (Å²) in [6.07, 6.45) is 20.3. The van der Waals surface area contributed by atoms with Crippen LogP contribution in [-0.4, -0.2) is 0 Å². The van der Waals surface area contributed by atoms with E-state index in [9.17, 15) is 0 Å². The maximum absolute atomic E-state index is 2.46. The molecule has 0 amide bonds. The molecule has 0 aliphatic rings. The van der Waals surface area contributed by atoms with E-state index in [0.717, 1.165) is 5.92 Å². The molecule has 0 aromatic rings. The molecule has 0 unspecified atom stereocenters. The first-order chi connectivity index (χ1) is 8.81. The van der Waals surface area contributed by atoms with Crippen molar-refractivity contribution < 1.29 is 0 Å². The minimum atomic E-state index is 0.974. The molecule has 0 heterocycles. The smallest absolute Gasteiger partial charge is 0.0443 e. The van der Waals surface area contributed by atoms with E-state index in [1.165, 1.54) is 89.9 Å². The molecule has 0 aliphatic heterocycles. The van der Waals surface area contributed by atoms with E-state index in [1.54, 1.807) is 0 Å². The van der Waals surface area contributed by atoms with Crippen LogP contribution in [0.4, 0.5) is 0 Å². The summed E-state index contributed by atoms with van der Waals surface area (Å²) >= 11 is 0. The number of rotatable bonds is 14. The van der Waals surface area contributed by atoms with Crippen molar-refractivity contribution in [2.24, 2.45) is 5.92 Å². The fourth-order valence-corrected chi connectivity index (χ4v) is 2.69. The molecule has 0 aromatic heterocycles. The molecule has 0 nitrogen and oxygen atoms in total. The fourth-order valence-electron chi connectivity index (χ4n) is 2.69. The third-order valence-electron chi connectivity index (χ3n) is 4.10. The van der Waals surface area contributed by atoms with E-state index in [4.69, 9.17) is 0 Å². The molecule has 0 saturated heterocycles. The minimum absolute atomic E-state index is 0.974. The lowest BCUT2D eigenvalue weighted by Crippen LogP contribution is -1.95. The normalized spacial score (nSPS) is 12.8. The number of unbranched alkanes of at least 4 members (excludes halogenated alkanes) is 10. The zero-order valence-electron chi connectivity index (χ0n) is 13.5. The molecule has 0 saturated carbocycles. The summed E-state index contributed by atoms with van der Waals surface area (Å²) in [4.78, 5) is 0. The van der Waals surface area contributed by atoms with Crippen molar-refractivity contribution >= 4 is 0 Å². The van der Waals surface area contributed by atoms with Crippen molar-refractivity contribution in [1.82, 2.24) is 0 Å². The Kier molecular flexibility index (Phi) is 15.1. The maximum Gasteiger partial charge on any atom is -0.0443 e. The van der Waals surface area contributed by atoms with Gasteiger partial charge in [0.2, 0.25) is 0 Å². The van der Waals surface area contributed by atoms with Crippen LogP contribution in [0.3, 0.4) is 0 Å². The Morgan fingerprint density at radius 1 is 0.500 bits per heavy atom. The van der Waals surface area contributed by atoms with Gasteiger partial charge in [-0.3, -0.25) is 0 Å². The quantitative estimate of drug-likeness (QED) is 0.289. The first-order valence-corrected chi connectivity index (χ1v) is 8.81. The molecular formula is C18H38. The van der Waals surface area contributed by atoms with Crippen molar-refractivity contribution in [3.05, 3.63) is 0 Å². The fraction of sp³-hybridized carbons (Fsp3) is 1.00. The molecule has 110 valence electrons. The molecule has 0 radical (unpaired) electrons. The first kappa shape index (κ1) is 18.0. The zero-order chi connectivity index (χ0) is 13.5. The van der Waals surface area contributed by atoms with Gasteiger partial charge in [-0.2, -0.15) is 0 Å². The van der Waals surface area contributed by atoms with Gasteiger partial charge in [0.1, 0.15) is 0 Å². The molecule has 0 aliphatic carbocycles. The monoisotopic (exact) mass is 254 g/mol. The predicted octanol–water partition coefficient (Wildman–Crippen LogP) is 7.12.